The second-order valence-corrected chi connectivity index (χ2v) is 4.40. The number of nitrogens with one attached hydrogen (secondary N) is 1. The number of fused-ring (bicyclic) bond motifs is 1. The maximum Gasteiger partial charge on any atom is 0.00931 e. The monoisotopic (exact) mass is 167 g/mol. The molecule has 1 aliphatic heterocycles. The Balaban J connectivity index is 2.32. The van der Waals surface area contributed by atoms with Gasteiger partial charge < -0.3 is 5.32 Å². The number of hydrogen-bond acceptors (Lipinski definition) is 2. The summed E-state index contributed by atoms with van der Waals surface area (Å²) in [5.74, 6) is 0. The van der Waals surface area contributed by atoms with Gasteiger partial charge in [0.05, 0.1) is 0 Å². The van der Waals surface area contributed by atoms with Gasteiger partial charge in [-0.2, -0.15) is 0 Å². The van der Waals surface area contributed by atoms with E-state index in [4.69, 9.17) is 0 Å². The van der Waals surface area contributed by atoms with E-state index in [0.717, 1.165) is 13.1 Å². The first-order chi connectivity index (χ1) is 5.36. The van der Waals surface area contributed by atoms with Gasteiger partial charge in [-0.15, -0.1) is 11.3 Å². The Morgan fingerprint density at radius 2 is 2.18 bits per heavy atom. The lowest BCUT2D eigenvalue weighted by molar-refractivity contribution is 0.712. The van der Waals surface area contributed by atoms with E-state index in [1.165, 1.54) is 17.7 Å². The third-order valence-corrected chi connectivity index (χ3v) is 3.27. The van der Waals surface area contributed by atoms with Gasteiger partial charge in [-0.25, -0.2) is 0 Å². The Bertz CT molecular complexity index is 229. The zero-order valence-corrected chi connectivity index (χ0v) is 7.63. The van der Waals surface area contributed by atoms with Crippen LogP contribution in [0, 0.1) is 6.92 Å². The lowest BCUT2D eigenvalue weighted by atomic mass is 10.2. The van der Waals surface area contributed by atoms with E-state index in [0.29, 0.717) is 0 Å². The first-order valence-corrected chi connectivity index (χ1v) is 4.97. The lowest BCUT2D eigenvalue weighted by Crippen LogP contribution is -2.16. The van der Waals surface area contributed by atoms with Crippen molar-refractivity contribution in [3.05, 3.63) is 21.4 Å². The normalized spacial score (nSPS) is 17.5. The topological polar surface area (TPSA) is 12.0 Å². The molecule has 0 bridgehead atoms. The highest BCUT2D eigenvalue weighted by molar-refractivity contribution is 7.12. The molecule has 1 nitrogen and oxygen atoms in total. The minimum Gasteiger partial charge on any atom is -0.316 e. The molecule has 0 aliphatic carbocycles. The fourth-order valence-corrected chi connectivity index (χ4v) is 2.67. The number of thiophene rings is 1. The average Bonchev–Trinajstić information content (AvgIpc) is 2.17. The van der Waals surface area contributed by atoms with Crippen LogP contribution >= 0.6 is 11.3 Å². The predicted molar refractivity (Wildman–Crippen MR) is 49.3 cm³/mol. The van der Waals surface area contributed by atoms with Crippen LogP contribution in [0.15, 0.2) is 6.07 Å². The van der Waals surface area contributed by atoms with Gasteiger partial charge in [0.25, 0.3) is 0 Å². The zero-order chi connectivity index (χ0) is 7.68. The maximum absolute atomic E-state index is 3.41. The van der Waals surface area contributed by atoms with Gasteiger partial charge in [0.15, 0.2) is 0 Å². The third kappa shape index (κ3) is 1.47. The standard InChI is InChI=1S/C9H13NS/c1-7-6-8-2-4-10-5-3-9(8)11-7/h6,10H,2-5H2,1H3. The van der Waals surface area contributed by atoms with Crippen molar-refractivity contribution in [1.29, 1.82) is 0 Å². The zero-order valence-electron chi connectivity index (χ0n) is 6.81. The summed E-state index contributed by atoms with van der Waals surface area (Å²) in [6.45, 7) is 4.52. The molecule has 0 amide bonds. The second-order valence-electron chi connectivity index (χ2n) is 3.06. The molecule has 0 radical (unpaired) electrons. The predicted octanol–water partition coefficient (Wildman–Crippen LogP) is 1.74. The van der Waals surface area contributed by atoms with Crippen molar-refractivity contribution in [2.45, 2.75) is 19.8 Å². The van der Waals surface area contributed by atoms with Crippen molar-refractivity contribution in [3.63, 3.8) is 0 Å². The molecule has 0 fully saturated rings. The molecular formula is C9H13NS. The Morgan fingerprint density at radius 1 is 1.36 bits per heavy atom. The van der Waals surface area contributed by atoms with Gasteiger partial charge >= 0.3 is 0 Å². The van der Waals surface area contributed by atoms with Gasteiger partial charge in [0.1, 0.15) is 0 Å². The summed E-state index contributed by atoms with van der Waals surface area (Å²) in [6.07, 6.45) is 2.45. The van der Waals surface area contributed by atoms with E-state index in [1.807, 2.05) is 11.3 Å². The summed E-state index contributed by atoms with van der Waals surface area (Å²) in [5.41, 5.74) is 1.58. The number of rotatable bonds is 0. The summed E-state index contributed by atoms with van der Waals surface area (Å²) >= 11 is 1.96. The molecule has 1 N–H and O–H groups in total. The highest BCUT2D eigenvalue weighted by atomic mass is 32.1. The second kappa shape index (κ2) is 2.95. The largest absolute Gasteiger partial charge is 0.316 e. The molecule has 0 spiro atoms. The smallest absolute Gasteiger partial charge is 0.00931 e. The SMILES string of the molecule is Cc1cc2c(s1)CCNCC2. The Morgan fingerprint density at radius 3 is 3.09 bits per heavy atom. The van der Waals surface area contributed by atoms with Crippen LogP contribution in [0.25, 0.3) is 0 Å². The summed E-state index contributed by atoms with van der Waals surface area (Å²) in [6, 6.07) is 2.34. The fourth-order valence-electron chi connectivity index (χ4n) is 1.59. The van der Waals surface area contributed by atoms with E-state index in [-0.39, 0.29) is 0 Å². The van der Waals surface area contributed by atoms with Gasteiger partial charge in [0, 0.05) is 9.75 Å². The molecule has 1 aromatic heterocycles. The van der Waals surface area contributed by atoms with Gasteiger partial charge in [0.2, 0.25) is 0 Å². The highest BCUT2D eigenvalue weighted by Gasteiger charge is 2.09. The molecule has 11 heavy (non-hydrogen) atoms. The minimum absolute atomic E-state index is 1.16. The number of aryl methyl sites for hydroxylation is 1. The van der Waals surface area contributed by atoms with Crippen molar-refractivity contribution >= 4 is 11.3 Å². The number of hydrogen-bond donors (Lipinski definition) is 1. The van der Waals surface area contributed by atoms with Crippen LogP contribution in [0.4, 0.5) is 0 Å². The first kappa shape index (κ1) is 7.32. The quantitative estimate of drug-likeness (QED) is 0.620. The van der Waals surface area contributed by atoms with Crippen LogP contribution in [0.3, 0.4) is 0 Å². The van der Waals surface area contributed by atoms with Crippen LogP contribution in [-0.4, -0.2) is 13.1 Å². The maximum atomic E-state index is 3.41. The molecule has 0 aromatic carbocycles. The van der Waals surface area contributed by atoms with E-state index >= 15 is 0 Å². The highest BCUT2D eigenvalue weighted by Crippen LogP contribution is 2.23. The van der Waals surface area contributed by atoms with Crippen LogP contribution in [0.5, 0.6) is 0 Å². The molecule has 0 atom stereocenters. The van der Waals surface area contributed by atoms with Crippen LogP contribution in [0.1, 0.15) is 15.3 Å². The summed E-state index contributed by atoms with van der Waals surface area (Å²) in [7, 11) is 0. The molecule has 2 rings (SSSR count). The van der Waals surface area contributed by atoms with Crippen molar-refractivity contribution < 1.29 is 0 Å². The van der Waals surface area contributed by atoms with Gasteiger partial charge in [-0.1, -0.05) is 0 Å². The van der Waals surface area contributed by atoms with Crippen LogP contribution in [-0.2, 0) is 12.8 Å². The Hall–Kier alpha value is -0.340. The molecule has 2 heterocycles. The molecule has 0 unspecified atom stereocenters. The van der Waals surface area contributed by atoms with Crippen molar-refractivity contribution in [2.24, 2.45) is 0 Å². The molecule has 2 heteroatoms. The molecule has 0 saturated heterocycles. The van der Waals surface area contributed by atoms with Crippen LogP contribution in [0.2, 0.25) is 0 Å². The average molecular weight is 167 g/mol. The van der Waals surface area contributed by atoms with Gasteiger partial charge in [-0.05, 0) is 44.5 Å². The molecule has 1 aliphatic rings. The Labute approximate surface area is 71.4 Å². The Kier molecular flexibility index (Phi) is 1.96. The van der Waals surface area contributed by atoms with E-state index < -0.39 is 0 Å². The summed E-state index contributed by atoms with van der Waals surface area (Å²) in [4.78, 5) is 3.07. The minimum atomic E-state index is 1.16. The fraction of sp³-hybridized carbons (Fsp3) is 0.556. The van der Waals surface area contributed by atoms with E-state index in [2.05, 4.69) is 18.3 Å². The van der Waals surface area contributed by atoms with E-state index in [1.54, 1.807) is 10.4 Å². The van der Waals surface area contributed by atoms with Crippen LogP contribution < -0.4 is 5.32 Å². The van der Waals surface area contributed by atoms with Crippen molar-refractivity contribution in [3.8, 4) is 0 Å². The van der Waals surface area contributed by atoms with Gasteiger partial charge in [-0.3, -0.25) is 0 Å². The molecule has 0 saturated carbocycles. The van der Waals surface area contributed by atoms with Crippen molar-refractivity contribution in [1.82, 2.24) is 5.32 Å². The van der Waals surface area contributed by atoms with Crippen molar-refractivity contribution in [2.75, 3.05) is 13.1 Å². The molecule has 60 valence electrons. The molecular weight excluding hydrogens is 154 g/mol. The third-order valence-electron chi connectivity index (χ3n) is 2.12. The van der Waals surface area contributed by atoms with E-state index in [9.17, 15) is 0 Å². The first-order valence-electron chi connectivity index (χ1n) is 4.15. The summed E-state index contributed by atoms with van der Waals surface area (Å²) in [5, 5.41) is 3.41. The summed E-state index contributed by atoms with van der Waals surface area (Å²) < 4.78 is 0. The lowest BCUT2D eigenvalue weighted by Gasteiger charge is -1.94. The molecule has 1 aromatic rings.